The molecule has 20 heavy (non-hydrogen) atoms. The highest BCUT2D eigenvalue weighted by Gasteiger charge is 2.18. The van der Waals surface area contributed by atoms with Crippen molar-refractivity contribution in [2.45, 2.75) is 46.5 Å². The molecular weight excluding hydrogens is 254 g/mol. The van der Waals surface area contributed by atoms with Gasteiger partial charge in [-0.25, -0.2) is 0 Å². The summed E-state index contributed by atoms with van der Waals surface area (Å²) in [5.41, 5.74) is 0.217. The number of nitrogens with zero attached hydrogens (tertiary/aromatic N) is 2. The first-order valence-electron chi connectivity index (χ1n) is 7.21. The van der Waals surface area contributed by atoms with Crippen LogP contribution in [0, 0.1) is 5.41 Å². The number of hydrogen-bond donors (Lipinski definition) is 1. The van der Waals surface area contributed by atoms with Crippen molar-refractivity contribution >= 4 is 5.95 Å². The van der Waals surface area contributed by atoms with Gasteiger partial charge in [0.2, 0.25) is 17.7 Å². The number of anilines is 1. The molecule has 0 fully saturated rings. The van der Waals surface area contributed by atoms with E-state index in [2.05, 4.69) is 36.1 Å². The first-order chi connectivity index (χ1) is 9.50. The Morgan fingerprint density at radius 1 is 1.10 bits per heavy atom. The smallest absolute Gasteiger partial charge is 0.229 e. The van der Waals surface area contributed by atoms with Gasteiger partial charge in [-0.05, 0) is 11.8 Å². The van der Waals surface area contributed by atoms with Crippen LogP contribution >= 0.6 is 0 Å². The maximum absolute atomic E-state index is 5.14. The van der Waals surface area contributed by atoms with Gasteiger partial charge in [-0.2, -0.15) is 9.97 Å². The summed E-state index contributed by atoms with van der Waals surface area (Å²) in [4.78, 5) is 8.55. The molecule has 1 aromatic rings. The van der Waals surface area contributed by atoms with E-state index in [0.29, 0.717) is 17.7 Å². The average molecular weight is 281 g/mol. The van der Waals surface area contributed by atoms with E-state index in [1.54, 1.807) is 20.3 Å². The van der Waals surface area contributed by atoms with Crippen molar-refractivity contribution in [1.29, 1.82) is 0 Å². The van der Waals surface area contributed by atoms with Gasteiger partial charge in [-0.3, -0.25) is 0 Å². The maximum atomic E-state index is 5.14. The maximum Gasteiger partial charge on any atom is 0.229 e. The molecule has 0 saturated heterocycles. The van der Waals surface area contributed by atoms with E-state index in [0.717, 1.165) is 6.54 Å². The summed E-state index contributed by atoms with van der Waals surface area (Å²) in [6.07, 6.45) is 4.98. The molecule has 0 aromatic carbocycles. The van der Waals surface area contributed by atoms with Crippen LogP contribution in [-0.4, -0.2) is 30.7 Å². The van der Waals surface area contributed by atoms with Crippen LogP contribution in [-0.2, 0) is 0 Å². The van der Waals surface area contributed by atoms with Gasteiger partial charge < -0.3 is 14.8 Å². The lowest BCUT2D eigenvalue weighted by Crippen LogP contribution is -2.24. The Balaban J connectivity index is 2.59. The van der Waals surface area contributed by atoms with Crippen molar-refractivity contribution < 1.29 is 9.47 Å². The Morgan fingerprint density at radius 3 is 2.20 bits per heavy atom. The fraction of sp³-hybridized carbons (Fsp3) is 0.733. The fourth-order valence-electron chi connectivity index (χ4n) is 1.95. The zero-order valence-corrected chi connectivity index (χ0v) is 13.3. The predicted octanol–water partition coefficient (Wildman–Crippen LogP) is 3.51. The molecule has 0 radical (unpaired) electrons. The molecule has 0 amide bonds. The van der Waals surface area contributed by atoms with Crippen LogP contribution in [0.25, 0.3) is 0 Å². The van der Waals surface area contributed by atoms with Gasteiger partial charge in [0.25, 0.3) is 0 Å². The first kappa shape index (κ1) is 16.5. The van der Waals surface area contributed by atoms with Gasteiger partial charge in [0.15, 0.2) is 0 Å². The summed E-state index contributed by atoms with van der Waals surface area (Å²) in [5.74, 6) is 1.55. The minimum atomic E-state index is 0.217. The van der Waals surface area contributed by atoms with Crippen molar-refractivity contribution in [1.82, 2.24) is 9.97 Å². The molecule has 0 atom stereocenters. The summed E-state index contributed by atoms with van der Waals surface area (Å²) >= 11 is 0. The Bertz CT molecular complexity index is 386. The van der Waals surface area contributed by atoms with E-state index in [9.17, 15) is 0 Å². The van der Waals surface area contributed by atoms with Crippen molar-refractivity contribution in [3.05, 3.63) is 6.07 Å². The Hall–Kier alpha value is -1.52. The van der Waals surface area contributed by atoms with Gasteiger partial charge in [-0.15, -0.1) is 0 Å². The Labute approximate surface area is 122 Å². The quantitative estimate of drug-likeness (QED) is 0.702. The third kappa shape index (κ3) is 5.63. The number of aromatic nitrogens is 2. The molecule has 0 aliphatic carbocycles. The minimum absolute atomic E-state index is 0.217. The second kappa shape index (κ2) is 7.92. The molecule has 0 saturated carbocycles. The zero-order valence-electron chi connectivity index (χ0n) is 13.3. The molecule has 5 nitrogen and oxygen atoms in total. The zero-order chi connectivity index (χ0) is 15.0. The van der Waals surface area contributed by atoms with Crippen LogP contribution in [0.15, 0.2) is 6.07 Å². The second-order valence-electron chi connectivity index (χ2n) is 5.75. The van der Waals surface area contributed by atoms with Gasteiger partial charge >= 0.3 is 0 Å². The van der Waals surface area contributed by atoms with E-state index >= 15 is 0 Å². The number of unbranched alkanes of at least 4 members (excludes halogenated alkanes) is 2. The van der Waals surface area contributed by atoms with Crippen molar-refractivity contribution in [3.63, 3.8) is 0 Å². The van der Waals surface area contributed by atoms with Crippen LogP contribution in [0.4, 0.5) is 5.95 Å². The van der Waals surface area contributed by atoms with Crippen LogP contribution in [0.3, 0.4) is 0 Å². The molecule has 1 heterocycles. The molecule has 1 N–H and O–H groups in total. The summed E-state index contributed by atoms with van der Waals surface area (Å²) in [5, 5.41) is 3.28. The Morgan fingerprint density at radius 2 is 1.70 bits per heavy atom. The predicted molar refractivity (Wildman–Crippen MR) is 81.5 cm³/mol. The normalized spacial score (nSPS) is 11.2. The van der Waals surface area contributed by atoms with Crippen LogP contribution in [0.1, 0.15) is 46.5 Å². The molecule has 0 aliphatic rings. The van der Waals surface area contributed by atoms with E-state index < -0.39 is 0 Å². The molecule has 114 valence electrons. The standard InChI is InChI=1S/C15H27N3O2/c1-6-7-8-9-15(2,3)11-16-14-17-12(19-4)10-13(18-14)20-5/h10H,6-9,11H2,1-5H3,(H,16,17,18). The average Bonchev–Trinajstić information content (AvgIpc) is 2.45. The SMILES string of the molecule is CCCCCC(C)(C)CNc1nc(OC)cc(OC)n1. The van der Waals surface area contributed by atoms with E-state index in [-0.39, 0.29) is 5.41 Å². The van der Waals surface area contributed by atoms with Crippen molar-refractivity contribution in [2.75, 3.05) is 26.1 Å². The fourth-order valence-corrected chi connectivity index (χ4v) is 1.95. The first-order valence-corrected chi connectivity index (χ1v) is 7.21. The monoisotopic (exact) mass is 281 g/mol. The number of methoxy groups -OCH3 is 2. The lowest BCUT2D eigenvalue weighted by Gasteiger charge is -2.25. The molecular formula is C15H27N3O2. The van der Waals surface area contributed by atoms with Crippen molar-refractivity contribution in [3.8, 4) is 11.8 Å². The highest BCUT2D eigenvalue weighted by molar-refractivity contribution is 5.33. The third-order valence-electron chi connectivity index (χ3n) is 3.28. The summed E-state index contributed by atoms with van der Waals surface area (Å²) in [6.45, 7) is 7.56. The molecule has 0 spiro atoms. The number of rotatable bonds is 9. The second-order valence-corrected chi connectivity index (χ2v) is 5.75. The van der Waals surface area contributed by atoms with E-state index in [1.807, 2.05) is 0 Å². The van der Waals surface area contributed by atoms with E-state index in [1.165, 1.54) is 25.7 Å². The summed E-state index contributed by atoms with van der Waals surface area (Å²) < 4.78 is 10.3. The molecule has 1 aromatic heterocycles. The Kier molecular flexibility index (Phi) is 6.55. The number of ether oxygens (including phenoxy) is 2. The summed E-state index contributed by atoms with van der Waals surface area (Å²) in [7, 11) is 3.17. The lowest BCUT2D eigenvalue weighted by molar-refractivity contribution is 0.340. The largest absolute Gasteiger partial charge is 0.481 e. The number of hydrogen-bond acceptors (Lipinski definition) is 5. The van der Waals surface area contributed by atoms with Crippen molar-refractivity contribution in [2.24, 2.45) is 5.41 Å². The van der Waals surface area contributed by atoms with Gasteiger partial charge in [0.05, 0.1) is 20.3 Å². The van der Waals surface area contributed by atoms with Crippen LogP contribution < -0.4 is 14.8 Å². The van der Waals surface area contributed by atoms with Gasteiger partial charge in [0, 0.05) is 6.54 Å². The molecule has 0 aliphatic heterocycles. The highest BCUT2D eigenvalue weighted by Crippen LogP contribution is 2.25. The minimum Gasteiger partial charge on any atom is -0.481 e. The van der Waals surface area contributed by atoms with Gasteiger partial charge in [0.1, 0.15) is 0 Å². The molecule has 1 rings (SSSR count). The van der Waals surface area contributed by atoms with Crippen LogP contribution in [0.5, 0.6) is 11.8 Å². The molecule has 5 heteroatoms. The summed E-state index contributed by atoms with van der Waals surface area (Å²) in [6, 6.07) is 1.66. The lowest BCUT2D eigenvalue weighted by atomic mass is 9.87. The topological polar surface area (TPSA) is 56.3 Å². The third-order valence-corrected chi connectivity index (χ3v) is 3.28. The van der Waals surface area contributed by atoms with Crippen LogP contribution in [0.2, 0.25) is 0 Å². The van der Waals surface area contributed by atoms with Gasteiger partial charge in [-0.1, -0.05) is 40.0 Å². The molecule has 0 unspecified atom stereocenters. The molecule has 0 bridgehead atoms. The highest BCUT2D eigenvalue weighted by atomic mass is 16.5. The van der Waals surface area contributed by atoms with E-state index in [4.69, 9.17) is 9.47 Å². The number of nitrogens with one attached hydrogen (secondary N) is 1.